The van der Waals surface area contributed by atoms with Crippen LogP contribution in [0.1, 0.15) is 40.9 Å². The van der Waals surface area contributed by atoms with E-state index >= 15 is 0 Å². The second-order valence-electron chi connectivity index (χ2n) is 7.83. The molecule has 0 aromatic carbocycles. The quantitative estimate of drug-likeness (QED) is 0.576. The molecule has 8 heteroatoms. The van der Waals surface area contributed by atoms with Crippen molar-refractivity contribution in [2.75, 3.05) is 6.54 Å². The summed E-state index contributed by atoms with van der Waals surface area (Å²) in [4.78, 5) is 7.16. The Balaban J connectivity index is 1.36. The van der Waals surface area contributed by atoms with Crippen LogP contribution < -0.4 is 0 Å². The van der Waals surface area contributed by atoms with Gasteiger partial charge in [0.2, 0.25) is 0 Å². The first kappa shape index (κ1) is 18.1. The Kier molecular flexibility index (Phi) is 4.44. The minimum Gasteiger partial charge on any atom is -0.380 e. The Morgan fingerprint density at radius 1 is 1.17 bits per heavy atom. The van der Waals surface area contributed by atoms with E-state index in [2.05, 4.69) is 50.9 Å². The molecule has 8 nitrogen and oxygen atoms in total. The van der Waals surface area contributed by atoms with Gasteiger partial charge in [0.25, 0.3) is 0 Å². The number of pyridine rings is 1. The van der Waals surface area contributed by atoms with Crippen LogP contribution in [-0.2, 0) is 26.7 Å². The van der Waals surface area contributed by atoms with Crippen molar-refractivity contribution in [2.24, 2.45) is 7.05 Å². The van der Waals surface area contributed by atoms with Gasteiger partial charge in [-0.15, -0.1) is 0 Å². The maximum atomic E-state index is 10.7. The van der Waals surface area contributed by atoms with Crippen molar-refractivity contribution in [3.8, 4) is 0 Å². The molecule has 0 amide bonds. The van der Waals surface area contributed by atoms with E-state index in [-0.39, 0.29) is 0 Å². The lowest BCUT2D eigenvalue weighted by molar-refractivity contribution is 0.203. The molecular weight excluding hydrogens is 366 g/mol. The second kappa shape index (κ2) is 7.13. The van der Waals surface area contributed by atoms with E-state index in [0.29, 0.717) is 5.69 Å². The smallest absolute Gasteiger partial charge is 0.139 e. The maximum Gasteiger partial charge on any atom is 0.139 e. The van der Waals surface area contributed by atoms with Gasteiger partial charge in [-0.25, -0.2) is 4.98 Å². The predicted molar refractivity (Wildman–Crippen MR) is 108 cm³/mol. The van der Waals surface area contributed by atoms with Crippen LogP contribution >= 0.6 is 0 Å². The lowest BCUT2D eigenvalue weighted by atomic mass is 10.2. The standard InChI is InChI=1S/C21H25N7O/c1-15-4-5-20-23-16(13-27(20)11-15)12-26-8-3-9-28-17(14-26)10-18(24-28)21(29)19-6-7-22-25(19)2/h4-7,10-11,13,21,29H,3,8-9,12,14H2,1-2H3. The highest BCUT2D eigenvalue weighted by atomic mass is 16.3. The largest absolute Gasteiger partial charge is 0.380 e. The summed E-state index contributed by atoms with van der Waals surface area (Å²) in [5.41, 5.74) is 5.81. The van der Waals surface area contributed by atoms with Gasteiger partial charge < -0.3 is 9.51 Å². The van der Waals surface area contributed by atoms with Crippen LogP contribution in [0, 0.1) is 6.92 Å². The molecule has 1 aliphatic rings. The minimum absolute atomic E-state index is 0.675. The van der Waals surface area contributed by atoms with E-state index in [1.54, 1.807) is 10.9 Å². The lowest BCUT2D eigenvalue weighted by Crippen LogP contribution is -2.23. The molecule has 1 unspecified atom stereocenters. The molecule has 150 valence electrons. The highest BCUT2D eigenvalue weighted by molar-refractivity contribution is 5.41. The summed E-state index contributed by atoms with van der Waals surface area (Å²) in [5, 5.41) is 19.5. The van der Waals surface area contributed by atoms with Crippen LogP contribution in [0.5, 0.6) is 0 Å². The molecule has 1 aliphatic heterocycles. The molecule has 4 aromatic heterocycles. The van der Waals surface area contributed by atoms with E-state index in [9.17, 15) is 5.11 Å². The van der Waals surface area contributed by atoms with Gasteiger partial charge in [-0.3, -0.25) is 14.3 Å². The van der Waals surface area contributed by atoms with Crippen molar-refractivity contribution in [1.29, 1.82) is 0 Å². The highest BCUT2D eigenvalue weighted by Crippen LogP contribution is 2.23. The normalized spacial score (nSPS) is 16.1. The number of aliphatic hydroxyl groups excluding tert-OH is 1. The number of aryl methyl sites for hydroxylation is 3. The molecule has 0 radical (unpaired) electrons. The van der Waals surface area contributed by atoms with E-state index in [0.717, 1.165) is 55.3 Å². The Hall–Kier alpha value is -2.97. The molecule has 0 bridgehead atoms. The molecule has 0 fully saturated rings. The Labute approximate surface area is 169 Å². The third-order valence-corrected chi connectivity index (χ3v) is 5.57. The molecule has 1 atom stereocenters. The monoisotopic (exact) mass is 391 g/mol. The maximum absolute atomic E-state index is 10.7. The highest BCUT2D eigenvalue weighted by Gasteiger charge is 2.22. The van der Waals surface area contributed by atoms with Crippen LogP contribution in [-0.4, -0.2) is 45.5 Å². The van der Waals surface area contributed by atoms with Gasteiger partial charge in [0, 0.05) is 51.8 Å². The third kappa shape index (κ3) is 3.45. The predicted octanol–water partition coefficient (Wildman–Crippen LogP) is 2.06. The summed E-state index contributed by atoms with van der Waals surface area (Å²) < 4.78 is 5.81. The number of nitrogens with zero attached hydrogens (tertiary/aromatic N) is 7. The molecule has 5 heterocycles. The fraction of sp³-hybridized carbons (Fsp3) is 0.381. The molecule has 29 heavy (non-hydrogen) atoms. The average Bonchev–Trinajstić information content (AvgIpc) is 3.37. The first-order valence-corrected chi connectivity index (χ1v) is 9.96. The summed E-state index contributed by atoms with van der Waals surface area (Å²) in [6.07, 6.45) is 6.16. The van der Waals surface area contributed by atoms with Crippen LogP contribution in [0.3, 0.4) is 0 Å². The second-order valence-corrected chi connectivity index (χ2v) is 7.83. The van der Waals surface area contributed by atoms with Gasteiger partial charge in [-0.2, -0.15) is 10.2 Å². The van der Waals surface area contributed by atoms with Crippen molar-refractivity contribution in [1.82, 2.24) is 33.8 Å². The molecule has 5 rings (SSSR count). The van der Waals surface area contributed by atoms with Gasteiger partial charge in [0.1, 0.15) is 11.8 Å². The minimum atomic E-state index is -0.767. The lowest BCUT2D eigenvalue weighted by Gasteiger charge is -2.17. The summed E-state index contributed by atoms with van der Waals surface area (Å²) >= 11 is 0. The van der Waals surface area contributed by atoms with Crippen molar-refractivity contribution < 1.29 is 5.11 Å². The van der Waals surface area contributed by atoms with Crippen LogP contribution in [0.4, 0.5) is 0 Å². The topological polar surface area (TPSA) is 76.4 Å². The summed E-state index contributed by atoms with van der Waals surface area (Å²) in [6, 6.07) is 7.99. The first-order chi connectivity index (χ1) is 14.1. The van der Waals surface area contributed by atoms with Crippen molar-refractivity contribution in [3.05, 3.63) is 71.2 Å². The molecule has 0 spiro atoms. The first-order valence-electron chi connectivity index (χ1n) is 9.96. The van der Waals surface area contributed by atoms with E-state index in [1.807, 2.05) is 23.9 Å². The molecular formula is C21H25N7O. The van der Waals surface area contributed by atoms with Gasteiger partial charge in [0.05, 0.1) is 22.8 Å². The number of aromatic nitrogens is 6. The Bertz CT molecular complexity index is 1160. The van der Waals surface area contributed by atoms with Crippen molar-refractivity contribution in [2.45, 2.75) is 39.1 Å². The van der Waals surface area contributed by atoms with Crippen molar-refractivity contribution >= 4 is 5.65 Å². The van der Waals surface area contributed by atoms with Crippen LogP contribution in [0.25, 0.3) is 5.65 Å². The Morgan fingerprint density at radius 2 is 2.07 bits per heavy atom. The molecule has 0 saturated heterocycles. The van der Waals surface area contributed by atoms with Gasteiger partial charge in [0.15, 0.2) is 0 Å². The summed E-state index contributed by atoms with van der Waals surface area (Å²) in [7, 11) is 1.83. The Morgan fingerprint density at radius 3 is 2.90 bits per heavy atom. The van der Waals surface area contributed by atoms with E-state index < -0.39 is 6.10 Å². The summed E-state index contributed by atoms with van der Waals surface area (Å²) in [6.45, 7) is 5.53. The third-order valence-electron chi connectivity index (χ3n) is 5.57. The number of rotatable bonds is 4. The molecule has 0 saturated carbocycles. The number of hydrogen-bond acceptors (Lipinski definition) is 5. The van der Waals surface area contributed by atoms with Gasteiger partial charge in [-0.1, -0.05) is 6.07 Å². The summed E-state index contributed by atoms with van der Waals surface area (Å²) in [5.74, 6) is 0. The van der Waals surface area contributed by atoms with Crippen LogP contribution in [0.2, 0.25) is 0 Å². The SMILES string of the molecule is Cc1ccc2nc(CN3CCCn4nc(C(O)c5ccnn5C)cc4C3)cn2c1. The number of imidazole rings is 1. The molecule has 4 aromatic rings. The number of fused-ring (bicyclic) bond motifs is 2. The zero-order chi connectivity index (χ0) is 20.0. The number of aliphatic hydroxyl groups is 1. The van der Waals surface area contributed by atoms with E-state index in [1.165, 1.54) is 5.56 Å². The van der Waals surface area contributed by atoms with Gasteiger partial charge in [-0.05, 0) is 37.1 Å². The fourth-order valence-corrected chi connectivity index (χ4v) is 4.08. The van der Waals surface area contributed by atoms with Gasteiger partial charge >= 0.3 is 0 Å². The molecule has 1 N–H and O–H groups in total. The average molecular weight is 391 g/mol. The zero-order valence-electron chi connectivity index (χ0n) is 16.7. The zero-order valence-corrected chi connectivity index (χ0v) is 16.7. The number of hydrogen-bond donors (Lipinski definition) is 1. The fourth-order valence-electron chi connectivity index (χ4n) is 4.08. The van der Waals surface area contributed by atoms with Crippen LogP contribution in [0.15, 0.2) is 42.9 Å². The van der Waals surface area contributed by atoms with Crippen molar-refractivity contribution in [3.63, 3.8) is 0 Å². The molecule has 0 aliphatic carbocycles. The van der Waals surface area contributed by atoms with E-state index in [4.69, 9.17) is 4.98 Å².